The molecule has 5 heteroatoms. The van der Waals surface area contributed by atoms with Crippen LogP contribution < -0.4 is 4.90 Å². The molecule has 1 saturated heterocycles. The van der Waals surface area contributed by atoms with Gasteiger partial charge in [-0.25, -0.2) is 9.97 Å². The molecule has 30 heavy (non-hydrogen) atoms. The van der Waals surface area contributed by atoms with Crippen LogP contribution in [-0.2, 0) is 6.54 Å². The van der Waals surface area contributed by atoms with Gasteiger partial charge in [0.05, 0.1) is 5.52 Å². The van der Waals surface area contributed by atoms with Gasteiger partial charge in [0.2, 0.25) is 0 Å². The van der Waals surface area contributed by atoms with Crippen molar-refractivity contribution in [2.75, 3.05) is 31.1 Å². The van der Waals surface area contributed by atoms with Crippen LogP contribution in [0.5, 0.6) is 5.75 Å². The van der Waals surface area contributed by atoms with E-state index in [1.54, 1.807) is 6.07 Å². The highest BCUT2D eigenvalue weighted by molar-refractivity contribution is 5.91. The Balaban J connectivity index is 1.40. The molecule has 0 amide bonds. The zero-order chi connectivity index (χ0) is 20.3. The van der Waals surface area contributed by atoms with Crippen molar-refractivity contribution < 1.29 is 5.11 Å². The van der Waals surface area contributed by atoms with Crippen LogP contribution in [0.15, 0.2) is 78.9 Å². The van der Waals surface area contributed by atoms with E-state index in [0.717, 1.165) is 66.4 Å². The minimum Gasteiger partial charge on any atom is -0.508 e. The Labute approximate surface area is 176 Å². The molecule has 0 saturated carbocycles. The number of hydrogen-bond acceptors (Lipinski definition) is 5. The van der Waals surface area contributed by atoms with Gasteiger partial charge in [0.1, 0.15) is 11.6 Å². The van der Waals surface area contributed by atoms with Crippen molar-refractivity contribution in [2.24, 2.45) is 0 Å². The Kier molecular flexibility index (Phi) is 5.03. The van der Waals surface area contributed by atoms with Crippen LogP contribution in [0.2, 0.25) is 0 Å². The lowest BCUT2D eigenvalue weighted by Gasteiger charge is -2.36. The van der Waals surface area contributed by atoms with Crippen molar-refractivity contribution in [1.82, 2.24) is 14.9 Å². The summed E-state index contributed by atoms with van der Waals surface area (Å²) in [7, 11) is 0. The number of phenolic OH excluding ortho intramolecular Hbond substituents is 1. The average Bonchev–Trinajstić information content (AvgIpc) is 2.79. The molecule has 4 aromatic rings. The first-order valence-electron chi connectivity index (χ1n) is 10.3. The van der Waals surface area contributed by atoms with Crippen molar-refractivity contribution in [3.63, 3.8) is 0 Å². The summed E-state index contributed by atoms with van der Waals surface area (Å²) in [6.45, 7) is 4.58. The smallest absolute Gasteiger partial charge is 0.162 e. The number of nitrogens with zero attached hydrogens (tertiary/aromatic N) is 4. The molecule has 0 atom stereocenters. The highest BCUT2D eigenvalue weighted by Gasteiger charge is 2.21. The van der Waals surface area contributed by atoms with E-state index in [-0.39, 0.29) is 0 Å². The van der Waals surface area contributed by atoms with Crippen molar-refractivity contribution in [2.45, 2.75) is 6.54 Å². The largest absolute Gasteiger partial charge is 0.508 e. The van der Waals surface area contributed by atoms with E-state index in [9.17, 15) is 5.11 Å². The monoisotopic (exact) mass is 396 g/mol. The number of aromatic hydroxyl groups is 1. The highest BCUT2D eigenvalue weighted by atomic mass is 16.3. The van der Waals surface area contributed by atoms with Crippen LogP contribution in [0.3, 0.4) is 0 Å². The second-order valence-electron chi connectivity index (χ2n) is 7.69. The van der Waals surface area contributed by atoms with Crippen molar-refractivity contribution in [3.8, 4) is 17.1 Å². The fraction of sp³-hybridized carbons (Fsp3) is 0.200. The molecule has 1 aliphatic heterocycles. The topological polar surface area (TPSA) is 52.5 Å². The van der Waals surface area contributed by atoms with Crippen LogP contribution in [0.1, 0.15) is 5.56 Å². The van der Waals surface area contributed by atoms with Gasteiger partial charge < -0.3 is 10.0 Å². The molecule has 5 nitrogen and oxygen atoms in total. The molecule has 0 aliphatic carbocycles. The van der Waals surface area contributed by atoms with Gasteiger partial charge >= 0.3 is 0 Å². The average molecular weight is 396 g/mol. The standard InChI is InChI=1S/C25H24N4O/c30-21-10-6-7-19(17-21)18-28-13-15-29(16-14-28)25-22-11-4-5-12-23(22)26-24(27-25)20-8-2-1-3-9-20/h1-12,17,30H,13-16,18H2. The molecule has 0 unspecified atom stereocenters. The Morgan fingerprint density at radius 2 is 1.53 bits per heavy atom. The van der Waals surface area contributed by atoms with Gasteiger partial charge in [-0.15, -0.1) is 0 Å². The summed E-state index contributed by atoms with van der Waals surface area (Å²) in [4.78, 5) is 14.6. The second-order valence-corrected chi connectivity index (χ2v) is 7.69. The molecule has 150 valence electrons. The summed E-state index contributed by atoms with van der Waals surface area (Å²) in [5.41, 5.74) is 3.15. The van der Waals surface area contributed by atoms with Crippen LogP contribution >= 0.6 is 0 Å². The number of anilines is 1. The zero-order valence-corrected chi connectivity index (χ0v) is 16.8. The van der Waals surface area contributed by atoms with Crippen LogP contribution in [0.4, 0.5) is 5.82 Å². The minimum atomic E-state index is 0.326. The quantitative estimate of drug-likeness (QED) is 0.557. The SMILES string of the molecule is Oc1cccc(CN2CCN(c3nc(-c4ccccc4)nc4ccccc34)CC2)c1. The summed E-state index contributed by atoms with van der Waals surface area (Å²) in [5.74, 6) is 2.11. The molecule has 3 aromatic carbocycles. The molecule has 1 fully saturated rings. The molecular weight excluding hydrogens is 372 g/mol. The van der Waals surface area contributed by atoms with Crippen LogP contribution in [0, 0.1) is 0 Å². The highest BCUT2D eigenvalue weighted by Crippen LogP contribution is 2.28. The molecule has 0 bridgehead atoms. The molecule has 0 spiro atoms. The van der Waals surface area contributed by atoms with Crippen molar-refractivity contribution in [1.29, 1.82) is 0 Å². The third-order valence-electron chi connectivity index (χ3n) is 5.60. The summed E-state index contributed by atoms with van der Waals surface area (Å²) >= 11 is 0. The van der Waals surface area contributed by atoms with E-state index in [2.05, 4.69) is 46.2 Å². The fourth-order valence-electron chi connectivity index (χ4n) is 4.05. The predicted molar refractivity (Wildman–Crippen MR) is 121 cm³/mol. The molecule has 1 aliphatic rings. The first-order valence-corrected chi connectivity index (χ1v) is 10.3. The van der Waals surface area contributed by atoms with E-state index in [0.29, 0.717) is 5.75 Å². The molecule has 1 N–H and O–H groups in total. The first kappa shape index (κ1) is 18.6. The van der Waals surface area contributed by atoms with E-state index < -0.39 is 0 Å². The summed E-state index contributed by atoms with van der Waals surface area (Å²) in [5, 5.41) is 10.8. The van der Waals surface area contributed by atoms with E-state index >= 15 is 0 Å². The lowest BCUT2D eigenvalue weighted by Crippen LogP contribution is -2.46. The summed E-state index contributed by atoms with van der Waals surface area (Å²) < 4.78 is 0. The van der Waals surface area contributed by atoms with Gasteiger partial charge in [-0.1, -0.05) is 54.6 Å². The normalized spacial score (nSPS) is 14.9. The Bertz CT molecular complexity index is 1150. The Hall–Kier alpha value is -3.44. The lowest BCUT2D eigenvalue weighted by molar-refractivity contribution is 0.249. The number of fused-ring (bicyclic) bond motifs is 1. The number of phenols is 1. The van der Waals surface area contributed by atoms with Gasteiger partial charge in [-0.05, 0) is 29.8 Å². The lowest BCUT2D eigenvalue weighted by atomic mass is 10.1. The van der Waals surface area contributed by atoms with E-state index in [4.69, 9.17) is 9.97 Å². The molecule has 0 radical (unpaired) electrons. The number of piperazine rings is 1. The molecule has 1 aromatic heterocycles. The number of benzene rings is 3. The number of aromatic nitrogens is 2. The predicted octanol–water partition coefficient (Wildman–Crippen LogP) is 4.32. The van der Waals surface area contributed by atoms with Crippen LogP contribution in [-0.4, -0.2) is 46.2 Å². The van der Waals surface area contributed by atoms with Gasteiger partial charge in [-0.2, -0.15) is 0 Å². The number of rotatable bonds is 4. The Morgan fingerprint density at radius 3 is 2.33 bits per heavy atom. The van der Waals surface area contributed by atoms with E-state index in [1.807, 2.05) is 36.4 Å². The third kappa shape index (κ3) is 3.84. The molecule has 5 rings (SSSR count). The van der Waals surface area contributed by atoms with Gasteiger partial charge in [0, 0.05) is 43.7 Å². The maximum Gasteiger partial charge on any atom is 0.162 e. The summed E-state index contributed by atoms with van der Waals surface area (Å²) in [6, 6.07) is 25.9. The fourth-order valence-corrected chi connectivity index (χ4v) is 4.05. The minimum absolute atomic E-state index is 0.326. The molecular formula is C25H24N4O. The molecule has 2 heterocycles. The van der Waals surface area contributed by atoms with Gasteiger partial charge in [0.25, 0.3) is 0 Å². The van der Waals surface area contributed by atoms with Gasteiger partial charge in [0.15, 0.2) is 5.82 Å². The summed E-state index contributed by atoms with van der Waals surface area (Å²) in [6.07, 6.45) is 0. The Morgan fingerprint density at radius 1 is 0.767 bits per heavy atom. The number of para-hydroxylation sites is 1. The zero-order valence-electron chi connectivity index (χ0n) is 16.8. The van der Waals surface area contributed by atoms with Gasteiger partial charge in [-0.3, -0.25) is 4.90 Å². The van der Waals surface area contributed by atoms with Crippen LogP contribution in [0.25, 0.3) is 22.3 Å². The van der Waals surface area contributed by atoms with Crippen molar-refractivity contribution >= 4 is 16.7 Å². The third-order valence-corrected chi connectivity index (χ3v) is 5.60. The second kappa shape index (κ2) is 8.13. The first-order chi connectivity index (χ1) is 14.8. The maximum absolute atomic E-state index is 9.71. The maximum atomic E-state index is 9.71. The number of hydrogen-bond donors (Lipinski definition) is 1. The van der Waals surface area contributed by atoms with E-state index in [1.165, 1.54) is 0 Å². The van der Waals surface area contributed by atoms with Crippen molar-refractivity contribution in [3.05, 3.63) is 84.4 Å².